The Morgan fingerprint density at radius 2 is 1.39 bits per heavy atom. The topological polar surface area (TPSA) is 22.1 Å². The molecule has 1 unspecified atom stereocenters. The number of anilines is 1. The molecule has 0 saturated heterocycles. The molecule has 160 valence electrons. The molecule has 1 heterocycles. The Kier molecular flexibility index (Phi) is 5.94. The Morgan fingerprint density at radius 1 is 0.929 bits per heavy atom. The SMILES string of the molecule is CCN(CC)P1(=NC(C)(C)C)N(C)c2c(F)c(F)c(F)c(F)c2C(F)(F)N1C. The van der Waals surface area contributed by atoms with E-state index in [1.54, 1.807) is 39.3 Å². The van der Waals surface area contributed by atoms with Crippen molar-refractivity contribution in [2.75, 3.05) is 31.9 Å². The smallest absolute Gasteiger partial charge is 0.315 e. The largest absolute Gasteiger partial charge is 0.343 e. The number of benzene rings is 1. The molecule has 4 nitrogen and oxygen atoms in total. The maximum Gasteiger partial charge on any atom is 0.343 e. The third-order valence-electron chi connectivity index (χ3n) is 4.62. The molecule has 2 rings (SSSR count). The Labute approximate surface area is 161 Å². The average Bonchev–Trinajstić information content (AvgIpc) is 2.59. The summed E-state index contributed by atoms with van der Waals surface area (Å²) in [5.41, 5.74) is -3.37. The van der Waals surface area contributed by atoms with Crippen LogP contribution >= 0.6 is 7.51 Å². The highest BCUT2D eigenvalue weighted by molar-refractivity contribution is 7.63. The number of hydrogen-bond acceptors (Lipinski definition) is 1. The number of rotatable bonds is 3. The third-order valence-corrected chi connectivity index (χ3v) is 8.88. The van der Waals surface area contributed by atoms with Crippen LogP contribution in [0.4, 0.5) is 32.0 Å². The Hall–Kier alpha value is -1.25. The van der Waals surface area contributed by atoms with E-state index in [4.69, 9.17) is 0 Å². The van der Waals surface area contributed by atoms with Crippen LogP contribution in [0.3, 0.4) is 0 Å². The van der Waals surface area contributed by atoms with Crippen LogP contribution in [0.25, 0.3) is 0 Å². The summed E-state index contributed by atoms with van der Waals surface area (Å²) in [5.74, 6) is -8.36. The molecule has 0 aliphatic carbocycles. The zero-order valence-electron chi connectivity index (χ0n) is 16.9. The highest BCUT2D eigenvalue weighted by Crippen LogP contribution is 2.69. The second kappa shape index (κ2) is 7.22. The van der Waals surface area contributed by atoms with Gasteiger partial charge in [-0.05, 0) is 20.8 Å². The van der Waals surface area contributed by atoms with E-state index >= 15 is 8.78 Å². The summed E-state index contributed by atoms with van der Waals surface area (Å²) in [7, 11) is -1.26. The van der Waals surface area contributed by atoms with Gasteiger partial charge >= 0.3 is 6.05 Å². The summed E-state index contributed by atoms with van der Waals surface area (Å²) >= 11 is 0. The van der Waals surface area contributed by atoms with Crippen molar-refractivity contribution in [1.29, 1.82) is 0 Å². The molecule has 28 heavy (non-hydrogen) atoms. The fourth-order valence-corrected chi connectivity index (χ4v) is 7.46. The van der Waals surface area contributed by atoms with Crippen LogP contribution in [0.5, 0.6) is 0 Å². The molecular weight excluding hydrogens is 405 g/mol. The number of nitrogens with zero attached hydrogens (tertiary/aromatic N) is 4. The summed E-state index contributed by atoms with van der Waals surface area (Å²) in [5, 5.41) is 0. The lowest BCUT2D eigenvalue weighted by Gasteiger charge is -2.54. The lowest BCUT2D eigenvalue weighted by Crippen LogP contribution is -2.50. The summed E-state index contributed by atoms with van der Waals surface area (Å²) in [6.07, 6.45) is 0. The molecule has 1 aromatic rings. The fourth-order valence-electron chi connectivity index (χ4n) is 3.45. The summed E-state index contributed by atoms with van der Waals surface area (Å²) < 4.78 is 95.3. The molecule has 0 spiro atoms. The van der Waals surface area contributed by atoms with Crippen LogP contribution in [-0.4, -0.2) is 42.1 Å². The molecule has 0 saturated carbocycles. The van der Waals surface area contributed by atoms with Crippen molar-refractivity contribution >= 4 is 13.2 Å². The first-order chi connectivity index (χ1) is 12.7. The van der Waals surface area contributed by atoms with Gasteiger partial charge in [-0.15, -0.1) is 0 Å². The van der Waals surface area contributed by atoms with E-state index in [0.717, 1.165) is 11.7 Å². The van der Waals surface area contributed by atoms with E-state index in [2.05, 4.69) is 4.74 Å². The van der Waals surface area contributed by atoms with Crippen molar-refractivity contribution in [3.63, 3.8) is 0 Å². The lowest BCUT2D eigenvalue weighted by atomic mass is 10.1. The number of alkyl halides is 2. The summed E-state index contributed by atoms with van der Waals surface area (Å²) in [4.78, 5) is 0. The monoisotopic (exact) mass is 430 g/mol. The lowest BCUT2D eigenvalue weighted by molar-refractivity contribution is -0.105. The van der Waals surface area contributed by atoms with Gasteiger partial charge in [-0.3, -0.25) is 0 Å². The fraction of sp³-hybridized carbons (Fsp3) is 0.647. The maximum atomic E-state index is 15.4. The van der Waals surface area contributed by atoms with E-state index in [0.29, 0.717) is 4.67 Å². The molecule has 1 atom stereocenters. The highest BCUT2D eigenvalue weighted by Gasteiger charge is 2.59. The molecule has 0 amide bonds. The van der Waals surface area contributed by atoms with Crippen molar-refractivity contribution in [3.05, 3.63) is 28.8 Å². The number of hydrogen-bond donors (Lipinski definition) is 0. The Bertz CT molecular complexity index is 832. The van der Waals surface area contributed by atoms with Crippen molar-refractivity contribution in [3.8, 4) is 0 Å². The van der Waals surface area contributed by atoms with E-state index in [9.17, 15) is 17.6 Å². The molecule has 11 heteroatoms. The van der Waals surface area contributed by atoms with Gasteiger partial charge in [0.15, 0.2) is 30.8 Å². The maximum absolute atomic E-state index is 15.4. The van der Waals surface area contributed by atoms with Crippen molar-refractivity contribution in [2.24, 2.45) is 4.74 Å². The van der Waals surface area contributed by atoms with Gasteiger partial charge in [0.1, 0.15) is 5.56 Å². The van der Waals surface area contributed by atoms with E-state index in [-0.39, 0.29) is 13.1 Å². The third kappa shape index (κ3) is 3.13. The first-order valence-corrected chi connectivity index (χ1v) is 10.4. The quantitative estimate of drug-likeness (QED) is 0.200. The minimum Gasteiger partial charge on any atom is -0.315 e. The predicted octanol–water partition coefficient (Wildman–Crippen LogP) is 5.76. The highest BCUT2D eigenvalue weighted by atomic mass is 31.2. The van der Waals surface area contributed by atoms with Crippen molar-refractivity contribution in [1.82, 2.24) is 9.34 Å². The molecule has 0 aromatic heterocycles. The molecule has 1 aromatic carbocycles. The first-order valence-electron chi connectivity index (χ1n) is 8.80. The zero-order valence-corrected chi connectivity index (χ0v) is 17.8. The molecule has 0 bridgehead atoms. The van der Waals surface area contributed by atoms with Crippen LogP contribution in [0.15, 0.2) is 4.74 Å². The second-order valence-electron chi connectivity index (χ2n) is 7.51. The molecule has 0 fully saturated rings. The molecule has 0 radical (unpaired) electrons. The molecular formula is C17H25F6N4P. The average molecular weight is 430 g/mol. The molecule has 1 aliphatic heterocycles. The van der Waals surface area contributed by atoms with E-state index in [1.807, 2.05) is 0 Å². The van der Waals surface area contributed by atoms with Crippen LogP contribution in [0.2, 0.25) is 0 Å². The van der Waals surface area contributed by atoms with Gasteiger partial charge in [0.25, 0.3) is 0 Å². The number of halogens is 6. The van der Waals surface area contributed by atoms with Crippen LogP contribution < -0.4 is 4.67 Å². The standard InChI is InChI=1S/C17H25F6N4P/c1-8-27(9-2)28(24-16(3,4)5)25(6)15-10(17(22,23)26(28)7)11(18)12(19)13(20)14(15)21/h8-9H2,1-7H3. The molecule has 0 N–H and O–H groups in total. The summed E-state index contributed by atoms with van der Waals surface area (Å²) in [6, 6.07) is -4.12. The van der Waals surface area contributed by atoms with Crippen molar-refractivity contribution in [2.45, 2.75) is 46.2 Å². The van der Waals surface area contributed by atoms with Gasteiger partial charge in [0, 0.05) is 27.2 Å². The van der Waals surface area contributed by atoms with Gasteiger partial charge in [-0.1, -0.05) is 13.8 Å². The van der Waals surface area contributed by atoms with Gasteiger partial charge < -0.3 is 4.67 Å². The minimum atomic E-state index is -4.12. The second-order valence-corrected chi connectivity index (χ2v) is 10.6. The van der Waals surface area contributed by atoms with Gasteiger partial charge in [-0.25, -0.2) is 27.0 Å². The van der Waals surface area contributed by atoms with Crippen LogP contribution in [-0.2, 0) is 6.05 Å². The predicted molar refractivity (Wildman–Crippen MR) is 98.4 cm³/mol. The van der Waals surface area contributed by atoms with E-state index < -0.39 is 53.6 Å². The van der Waals surface area contributed by atoms with Gasteiger partial charge in [0.05, 0.1) is 11.2 Å². The van der Waals surface area contributed by atoms with Gasteiger partial charge in [0.2, 0.25) is 0 Å². The van der Waals surface area contributed by atoms with Crippen LogP contribution in [0.1, 0.15) is 40.2 Å². The first kappa shape index (κ1) is 23.0. The van der Waals surface area contributed by atoms with Crippen molar-refractivity contribution < 1.29 is 26.3 Å². The Balaban J connectivity index is 3.09. The molecule has 1 aliphatic rings. The summed E-state index contributed by atoms with van der Waals surface area (Å²) in [6.45, 7) is 9.07. The minimum absolute atomic E-state index is 0.276. The van der Waals surface area contributed by atoms with Crippen LogP contribution in [0, 0.1) is 23.3 Å². The van der Waals surface area contributed by atoms with E-state index in [1.165, 1.54) is 7.05 Å². The number of fused-ring (bicyclic) bond motifs is 1. The Morgan fingerprint density at radius 3 is 1.82 bits per heavy atom. The van der Waals surface area contributed by atoms with Gasteiger partial charge in [-0.2, -0.15) is 13.5 Å². The zero-order chi connectivity index (χ0) is 21.8. The normalized spacial score (nSPS) is 22.6.